The number of nitrogens with zero attached hydrogens (tertiary/aromatic N) is 1. The van der Waals surface area contributed by atoms with Gasteiger partial charge in [-0.1, -0.05) is 20.8 Å². The summed E-state index contributed by atoms with van der Waals surface area (Å²) in [6.45, 7) is 11.2. The fraction of sp³-hybridized carbons (Fsp3) is 1.00. The Labute approximate surface area is 82.5 Å². The van der Waals surface area contributed by atoms with Gasteiger partial charge in [-0.2, -0.15) is 0 Å². The van der Waals surface area contributed by atoms with E-state index in [2.05, 4.69) is 32.6 Å². The molecule has 0 amide bonds. The van der Waals surface area contributed by atoms with Gasteiger partial charge in [-0.05, 0) is 31.7 Å². The molecule has 2 unspecified atom stereocenters. The summed E-state index contributed by atoms with van der Waals surface area (Å²) in [5.41, 5.74) is 6.17. The van der Waals surface area contributed by atoms with Gasteiger partial charge in [0.25, 0.3) is 0 Å². The van der Waals surface area contributed by atoms with Gasteiger partial charge in [-0.25, -0.2) is 0 Å². The predicted molar refractivity (Wildman–Crippen MR) is 57.7 cm³/mol. The molecule has 0 aromatic rings. The molecule has 0 aromatic carbocycles. The second kappa shape index (κ2) is 3.97. The molecule has 0 saturated carbocycles. The Kier molecular flexibility index (Phi) is 3.36. The molecule has 2 nitrogen and oxygen atoms in total. The van der Waals surface area contributed by atoms with Crippen LogP contribution in [0.15, 0.2) is 0 Å². The van der Waals surface area contributed by atoms with E-state index in [1.807, 2.05) is 0 Å². The van der Waals surface area contributed by atoms with Crippen molar-refractivity contribution < 1.29 is 0 Å². The van der Waals surface area contributed by atoms with Crippen LogP contribution in [0.2, 0.25) is 0 Å². The van der Waals surface area contributed by atoms with Crippen molar-refractivity contribution in [3.8, 4) is 0 Å². The van der Waals surface area contributed by atoms with E-state index in [1.165, 1.54) is 19.4 Å². The molecule has 1 rings (SSSR count). The summed E-state index contributed by atoms with van der Waals surface area (Å²) in [6.07, 6.45) is 2.68. The number of hydrogen-bond donors (Lipinski definition) is 1. The van der Waals surface area contributed by atoms with Crippen molar-refractivity contribution in [1.29, 1.82) is 0 Å². The Balaban J connectivity index is 2.66. The second-order valence-corrected chi connectivity index (χ2v) is 5.35. The number of hydrogen-bond acceptors (Lipinski definition) is 2. The van der Waals surface area contributed by atoms with Crippen LogP contribution in [0.25, 0.3) is 0 Å². The van der Waals surface area contributed by atoms with Gasteiger partial charge in [-0.3, -0.25) is 4.90 Å². The minimum Gasteiger partial charge on any atom is -0.329 e. The predicted octanol–water partition coefficient (Wildman–Crippen LogP) is 1.84. The van der Waals surface area contributed by atoms with Crippen LogP contribution in [0.3, 0.4) is 0 Å². The Morgan fingerprint density at radius 1 is 1.46 bits per heavy atom. The molecular weight excluding hydrogens is 160 g/mol. The zero-order valence-corrected chi connectivity index (χ0v) is 9.51. The molecule has 1 heterocycles. The Morgan fingerprint density at radius 2 is 2.08 bits per heavy atom. The third-order valence-electron chi connectivity index (χ3n) is 3.23. The maximum atomic E-state index is 5.86. The number of rotatable bonds is 2. The third-order valence-corrected chi connectivity index (χ3v) is 3.23. The molecule has 0 radical (unpaired) electrons. The van der Waals surface area contributed by atoms with Gasteiger partial charge in [-0.15, -0.1) is 0 Å². The second-order valence-electron chi connectivity index (χ2n) is 5.35. The van der Waals surface area contributed by atoms with Crippen molar-refractivity contribution >= 4 is 0 Å². The van der Waals surface area contributed by atoms with Crippen LogP contribution < -0.4 is 5.73 Å². The Morgan fingerprint density at radius 3 is 2.38 bits per heavy atom. The van der Waals surface area contributed by atoms with Crippen LogP contribution >= 0.6 is 0 Å². The Bertz CT molecular complexity index is 160. The van der Waals surface area contributed by atoms with Gasteiger partial charge in [0.15, 0.2) is 0 Å². The van der Waals surface area contributed by atoms with Crippen LogP contribution in [0.4, 0.5) is 0 Å². The quantitative estimate of drug-likeness (QED) is 0.709. The van der Waals surface area contributed by atoms with Gasteiger partial charge in [0.1, 0.15) is 0 Å². The zero-order valence-electron chi connectivity index (χ0n) is 9.51. The van der Waals surface area contributed by atoms with Crippen molar-refractivity contribution in [3.05, 3.63) is 0 Å². The first-order valence-corrected chi connectivity index (χ1v) is 5.42. The van der Waals surface area contributed by atoms with Crippen LogP contribution in [-0.2, 0) is 0 Å². The highest BCUT2D eigenvalue weighted by Crippen LogP contribution is 2.29. The van der Waals surface area contributed by atoms with Gasteiger partial charge in [0.05, 0.1) is 0 Å². The largest absolute Gasteiger partial charge is 0.329 e. The molecule has 1 saturated heterocycles. The summed E-state index contributed by atoms with van der Waals surface area (Å²) in [7, 11) is 0. The molecular formula is C11H24N2. The molecule has 0 spiro atoms. The van der Waals surface area contributed by atoms with E-state index >= 15 is 0 Å². The zero-order chi connectivity index (χ0) is 10.1. The van der Waals surface area contributed by atoms with E-state index in [-0.39, 0.29) is 0 Å². The molecule has 0 aliphatic carbocycles. The summed E-state index contributed by atoms with van der Waals surface area (Å²) in [4.78, 5) is 2.58. The molecule has 2 heteroatoms. The first-order valence-electron chi connectivity index (χ1n) is 5.42. The summed E-state index contributed by atoms with van der Waals surface area (Å²) in [6, 6.07) is 1.28. The molecule has 1 aliphatic heterocycles. The van der Waals surface area contributed by atoms with E-state index in [4.69, 9.17) is 5.73 Å². The van der Waals surface area contributed by atoms with E-state index in [9.17, 15) is 0 Å². The first kappa shape index (κ1) is 11.0. The highest BCUT2D eigenvalue weighted by atomic mass is 15.2. The van der Waals surface area contributed by atoms with Gasteiger partial charge in [0.2, 0.25) is 0 Å². The topological polar surface area (TPSA) is 29.3 Å². The lowest BCUT2D eigenvalue weighted by atomic mass is 9.85. The number of nitrogens with two attached hydrogens (primary N) is 1. The van der Waals surface area contributed by atoms with Crippen LogP contribution in [0.1, 0.15) is 40.5 Å². The molecule has 2 N–H and O–H groups in total. The summed E-state index contributed by atoms with van der Waals surface area (Å²) in [5.74, 6) is 0. The molecule has 0 bridgehead atoms. The normalized spacial score (nSPS) is 27.9. The average Bonchev–Trinajstić information content (AvgIpc) is 2.35. The lowest BCUT2D eigenvalue weighted by molar-refractivity contribution is 0.0993. The SMILES string of the molecule is CC1CCCN1C(CN)C(C)(C)C. The lowest BCUT2D eigenvalue weighted by Crippen LogP contribution is -2.49. The van der Waals surface area contributed by atoms with Gasteiger partial charge < -0.3 is 5.73 Å². The van der Waals surface area contributed by atoms with Crippen molar-refractivity contribution in [2.24, 2.45) is 11.1 Å². The standard InChI is InChI=1S/C11H24N2/c1-9-6-5-7-13(9)10(8-12)11(2,3)4/h9-10H,5-8,12H2,1-4H3. The van der Waals surface area contributed by atoms with Crippen molar-refractivity contribution in [2.45, 2.75) is 52.6 Å². The molecule has 13 heavy (non-hydrogen) atoms. The van der Waals surface area contributed by atoms with Gasteiger partial charge >= 0.3 is 0 Å². The van der Waals surface area contributed by atoms with Crippen molar-refractivity contribution in [2.75, 3.05) is 13.1 Å². The smallest absolute Gasteiger partial charge is 0.0269 e. The maximum Gasteiger partial charge on any atom is 0.0269 e. The monoisotopic (exact) mass is 184 g/mol. The summed E-state index contributed by atoms with van der Waals surface area (Å²) >= 11 is 0. The minimum absolute atomic E-state index is 0.313. The van der Waals surface area contributed by atoms with Crippen molar-refractivity contribution in [3.63, 3.8) is 0 Å². The summed E-state index contributed by atoms with van der Waals surface area (Å²) in [5, 5.41) is 0. The van der Waals surface area contributed by atoms with Crippen LogP contribution in [0.5, 0.6) is 0 Å². The fourth-order valence-corrected chi connectivity index (χ4v) is 2.40. The highest BCUT2D eigenvalue weighted by molar-refractivity contribution is 4.89. The summed E-state index contributed by atoms with van der Waals surface area (Å²) < 4.78 is 0. The van der Waals surface area contributed by atoms with Crippen molar-refractivity contribution in [1.82, 2.24) is 4.90 Å². The van der Waals surface area contributed by atoms with Crippen LogP contribution in [-0.4, -0.2) is 30.1 Å². The highest BCUT2D eigenvalue weighted by Gasteiger charge is 2.34. The molecule has 1 aliphatic rings. The number of likely N-dealkylation sites (tertiary alicyclic amines) is 1. The fourth-order valence-electron chi connectivity index (χ4n) is 2.40. The van der Waals surface area contributed by atoms with E-state index in [0.717, 1.165) is 12.6 Å². The van der Waals surface area contributed by atoms with E-state index < -0.39 is 0 Å². The first-order chi connectivity index (χ1) is 5.96. The average molecular weight is 184 g/mol. The lowest BCUT2D eigenvalue weighted by Gasteiger charge is -2.39. The Hall–Kier alpha value is -0.0800. The minimum atomic E-state index is 0.313. The molecule has 1 fully saturated rings. The third kappa shape index (κ3) is 2.44. The maximum absolute atomic E-state index is 5.86. The van der Waals surface area contributed by atoms with Crippen LogP contribution in [0, 0.1) is 5.41 Å². The molecule has 0 aromatic heterocycles. The molecule has 2 atom stereocenters. The van der Waals surface area contributed by atoms with E-state index in [1.54, 1.807) is 0 Å². The van der Waals surface area contributed by atoms with Gasteiger partial charge in [0, 0.05) is 18.6 Å². The molecule has 78 valence electrons. The van der Waals surface area contributed by atoms with E-state index in [0.29, 0.717) is 11.5 Å².